The van der Waals surface area contributed by atoms with Gasteiger partial charge in [-0.05, 0) is 19.4 Å². The summed E-state index contributed by atoms with van der Waals surface area (Å²) in [5, 5.41) is 3.16. The van der Waals surface area contributed by atoms with Gasteiger partial charge in [0.15, 0.2) is 0 Å². The van der Waals surface area contributed by atoms with Crippen LogP contribution in [0, 0.1) is 0 Å². The highest BCUT2D eigenvalue weighted by atomic mass is 32.2. The molecule has 1 saturated heterocycles. The summed E-state index contributed by atoms with van der Waals surface area (Å²) in [6.07, 6.45) is 1.73. The maximum Gasteiger partial charge on any atom is 0.234 e. The monoisotopic (exact) mass is 261 g/mol. The molecular formula is C11H23N3O2S. The Bertz CT molecular complexity index is 263. The number of carbonyl (C=O) groups excluding carboxylic acids is 1. The molecule has 100 valence electrons. The van der Waals surface area contributed by atoms with Crippen LogP contribution in [0.5, 0.6) is 0 Å². The Labute approximate surface area is 106 Å². The van der Waals surface area contributed by atoms with Crippen molar-refractivity contribution in [2.24, 2.45) is 5.73 Å². The van der Waals surface area contributed by atoms with Crippen LogP contribution in [-0.2, 0) is 15.6 Å². The summed E-state index contributed by atoms with van der Waals surface area (Å²) in [6, 6.07) is -0.234. The molecule has 0 aromatic rings. The number of nitrogens with two attached hydrogens (primary N) is 1. The first-order valence-corrected chi connectivity index (χ1v) is 7.72. The number of rotatable bonds is 7. The molecule has 5 nitrogen and oxygen atoms in total. The van der Waals surface area contributed by atoms with Gasteiger partial charge >= 0.3 is 0 Å². The molecule has 1 rings (SSSR count). The summed E-state index contributed by atoms with van der Waals surface area (Å²) in [5.74, 6) is 1.23. The molecule has 0 radical (unpaired) electrons. The van der Waals surface area contributed by atoms with Gasteiger partial charge in [-0.25, -0.2) is 0 Å². The summed E-state index contributed by atoms with van der Waals surface area (Å²) < 4.78 is 11.2. The normalized spacial score (nSPS) is 20.3. The first kappa shape index (κ1) is 14.6. The molecule has 1 unspecified atom stereocenters. The largest absolute Gasteiger partial charge is 0.368 e. The molecule has 17 heavy (non-hydrogen) atoms. The van der Waals surface area contributed by atoms with Crippen molar-refractivity contribution in [2.45, 2.75) is 25.8 Å². The van der Waals surface area contributed by atoms with Gasteiger partial charge in [0.05, 0.1) is 6.04 Å². The maximum atomic E-state index is 11.2. The van der Waals surface area contributed by atoms with Gasteiger partial charge < -0.3 is 16.0 Å². The standard InChI is InChI=1S/C11H23N3O2S/c1-2-4-13-10(11(12)15)3-5-14-6-8-17(16)9-7-14/h10,13H,2-9H2,1H3,(H2,12,15). The number of nitrogens with one attached hydrogen (secondary N) is 1. The third-order valence-corrected chi connectivity index (χ3v) is 4.26. The Hall–Kier alpha value is -0.460. The minimum atomic E-state index is -0.638. The van der Waals surface area contributed by atoms with Crippen molar-refractivity contribution in [1.82, 2.24) is 10.2 Å². The SMILES string of the molecule is CCCNC(CCN1CCS(=O)CC1)C(N)=O. The summed E-state index contributed by atoms with van der Waals surface area (Å²) in [6.45, 7) is 5.46. The van der Waals surface area contributed by atoms with Crippen LogP contribution >= 0.6 is 0 Å². The van der Waals surface area contributed by atoms with E-state index in [1.54, 1.807) is 0 Å². The lowest BCUT2D eigenvalue weighted by Crippen LogP contribution is -2.45. The van der Waals surface area contributed by atoms with Crippen LogP contribution in [0.25, 0.3) is 0 Å². The molecule has 0 aromatic carbocycles. The Balaban J connectivity index is 2.26. The first-order chi connectivity index (χ1) is 8.13. The van der Waals surface area contributed by atoms with Crippen molar-refractivity contribution in [3.63, 3.8) is 0 Å². The molecule has 0 bridgehead atoms. The highest BCUT2D eigenvalue weighted by Gasteiger charge is 2.19. The second-order valence-corrected chi connectivity index (χ2v) is 6.08. The highest BCUT2D eigenvalue weighted by molar-refractivity contribution is 7.85. The van der Waals surface area contributed by atoms with Gasteiger partial charge in [0.2, 0.25) is 5.91 Å². The third-order valence-electron chi connectivity index (χ3n) is 2.99. The summed E-state index contributed by atoms with van der Waals surface area (Å²) in [5.41, 5.74) is 5.35. The molecule has 0 spiro atoms. The highest BCUT2D eigenvalue weighted by Crippen LogP contribution is 2.02. The molecular weight excluding hydrogens is 238 g/mol. The average Bonchev–Trinajstić information content (AvgIpc) is 2.31. The number of carbonyl (C=O) groups is 1. The lowest BCUT2D eigenvalue weighted by molar-refractivity contribution is -0.120. The van der Waals surface area contributed by atoms with Crippen molar-refractivity contribution in [3.8, 4) is 0 Å². The van der Waals surface area contributed by atoms with Gasteiger partial charge in [-0.1, -0.05) is 6.92 Å². The lowest BCUT2D eigenvalue weighted by Gasteiger charge is -2.27. The Kier molecular flexibility index (Phi) is 6.69. The van der Waals surface area contributed by atoms with Gasteiger partial charge in [0.1, 0.15) is 0 Å². The van der Waals surface area contributed by atoms with E-state index in [9.17, 15) is 9.00 Å². The van der Waals surface area contributed by atoms with E-state index in [-0.39, 0.29) is 11.9 Å². The van der Waals surface area contributed by atoms with Crippen LogP contribution in [-0.4, -0.2) is 58.7 Å². The number of hydrogen-bond donors (Lipinski definition) is 2. The summed E-state index contributed by atoms with van der Waals surface area (Å²) in [7, 11) is -0.638. The quantitative estimate of drug-likeness (QED) is 0.635. The molecule has 1 atom stereocenters. The fourth-order valence-electron chi connectivity index (χ4n) is 1.87. The van der Waals surface area contributed by atoms with Gasteiger partial charge in [0.25, 0.3) is 0 Å². The molecule has 1 amide bonds. The molecule has 1 fully saturated rings. The van der Waals surface area contributed by atoms with Crippen molar-refractivity contribution >= 4 is 16.7 Å². The smallest absolute Gasteiger partial charge is 0.234 e. The molecule has 1 aliphatic rings. The van der Waals surface area contributed by atoms with Crippen molar-refractivity contribution in [2.75, 3.05) is 37.7 Å². The number of primary amides is 1. The van der Waals surface area contributed by atoms with E-state index >= 15 is 0 Å². The van der Waals surface area contributed by atoms with E-state index in [1.807, 2.05) is 0 Å². The van der Waals surface area contributed by atoms with E-state index in [0.717, 1.165) is 50.5 Å². The second-order valence-electron chi connectivity index (χ2n) is 4.39. The Morgan fingerprint density at radius 3 is 2.65 bits per heavy atom. The van der Waals surface area contributed by atoms with Crippen molar-refractivity contribution in [1.29, 1.82) is 0 Å². The Morgan fingerprint density at radius 1 is 1.47 bits per heavy atom. The minimum Gasteiger partial charge on any atom is -0.368 e. The molecule has 1 heterocycles. The van der Waals surface area contributed by atoms with E-state index in [0.29, 0.717) is 0 Å². The van der Waals surface area contributed by atoms with Gasteiger partial charge in [-0.15, -0.1) is 0 Å². The molecule has 6 heteroatoms. The zero-order chi connectivity index (χ0) is 12.7. The van der Waals surface area contributed by atoms with E-state index < -0.39 is 10.8 Å². The maximum absolute atomic E-state index is 11.2. The van der Waals surface area contributed by atoms with Crippen LogP contribution in [0.3, 0.4) is 0 Å². The zero-order valence-corrected chi connectivity index (χ0v) is 11.3. The summed E-state index contributed by atoms with van der Waals surface area (Å²) in [4.78, 5) is 13.5. The number of hydrogen-bond acceptors (Lipinski definition) is 4. The lowest BCUT2D eigenvalue weighted by atomic mass is 10.2. The fraction of sp³-hybridized carbons (Fsp3) is 0.909. The van der Waals surface area contributed by atoms with Crippen molar-refractivity contribution in [3.05, 3.63) is 0 Å². The van der Waals surface area contributed by atoms with E-state index in [1.165, 1.54) is 0 Å². The van der Waals surface area contributed by atoms with Crippen LogP contribution in [0.4, 0.5) is 0 Å². The number of nitrogens with zero attached hydrogens (tertiary/aromatic N) is 1. The Morgan fingerprint density at radius 2 is 2.12 bits per heavy atom. The second kappa shape index (κ2) is 7.79. The molecule has 0 saturated carbocycles. The molecule has 0 aromatic heterocycles. The molecule has 0 aliphatic carbocycles. The topological polar surface area (TPSA) is 75.4 Å². The number of amides is 1. The molecule has 3 N–H and O–H groups in total. The van der Waals surface area contributed by atoms with Gasteiger partial charge in [-0.2, -0.15) is 0 Å². The predicted molar refractivity (Wildman–Crippen MR) is 70.2 cm³/mol. The zero-order valence-electron chi connectivity index (χ0n) is 10.5. The average molecular weight is 261 g/mol. The van der Waals surface area contributed by atoms with Crippen molar-refractivity contribution < 1.29 is 9.00 Å². The van der Waals surface area contributed by atoms with Crippen LogP contribution in [0.1, 0.15) is 19.8 Å². The van der Waals surface area contributed by atoms with Gasteiger partial charge in [-0.3, -0.25) is 9.00 Å². The van der Waals surface area contributed by atoms with Crippen LogP contribution in [0.15, 0.2) is 0 Å². The van der Waals surface area contributed by atoms with Crippen LogP contribution < -0.4 is 11.1 Å². The van der Waals surface area contributed by atoms with Crippen LogP contribution in [0.2, 0.25) is 0 Å². The molecule has 1 aliphatic heterocycles. The summed E-state index contributed by atoms with van der Waals surface area (Å²) >= 11 is 0. The minimum absolute atomic E-state index is 0.234. The third kappa shape index (κ3) is 5.61. The van der Waals surface area contributed by atoms with E-state index in [2.05, 4.69) is 17.1 Å². The first-order valence-electron chi connectivity index (χ1n) is 6.23. The predicted octanol–water partition coefficient (Wildman–Crippen LogP) is -0.706. The fourth-order valence-corrected chi connectivity index (χ4v) is 3.00. The van der Waals surface area contributed by atoms with E-state index in [4.69, 9.17) is 5.73 Å². The van der Waals surface area contributed by atoms with Gasteiger partial charge in [0, 0.05) is 41.9 Å².